The van der Waals surface area contributed by atoms with Gasteiger partial charge in [-0.2, -0.15) is 5.10 Å². The quantitative estimate of drug-likeness (QED) is 0.840. The lowest BCUT2D eigenvalue weighted by Gasteiger charge is -2.11. The first-order valence-electron chi connectivity index (χ1n) is 6.37. The van der Waals surface area contributed by atoms with Crippen LogP contribution in [0.5, 0.6) is 5.75 Å². The molecule has 1 heterocycles. The molecule has 0 atom stereocenters. The first-order chi connectivity index (χ1) is 8.79. The third-order valence-electron chi connectivity index (χ3n) is 3.20. The average Bonchev–Trinajstić information content (AvgIpc) is 3.11. The summed E-state index contributed by atoms with van der Waals surface area (Å²) in [5.41, 5.74) is 8.81. The van der Waals surface area contributed by atoms with Crippen LogP contribution in [-0.4, -0.2) is 16.4 Å². The molecule has 1 aliphatic rings. The normalized spacial score (nSPS) is 14.7. The van der Waals surface area contributed by atoms with Crippen molar-refractivity contribution in [2.75, 3.05) is 12.3 Å². The maximum absolute atomic E-state index is 6.12. The van der Waals surface area contributed by atoms with Gasteiger partial charge in [0.05, 0.1) is 18.0 Å². The second-order valence-corrected chi connectivity index (χ2v) is 4.58. The topological polar surface area (TPSA) is 53.1 Å². The number of para-hydroxylation sites is 1. The number of nitrogens with zero attached hydrogens (tertiary/aromatic N) is 2. The minimum Gasteiger partial charge on any atom is -0.492 e. The van der Waals surface area contributed by atoms with Crippen molar-refractivity contribution in [2.24, 2.45) is 0 Å². The molecule has 4 nitrogen and oxygen atoms in total. The standard InChI is InChI=1S/C14H17N3O/c1-2-18-13-5-3-4-12(14(13)15)17-9-8-11(16-17)10-6-7-10/h3-5,8-10H,2,6-7,15H2,1H3. The van der Waals surface area contributed by atoms with E-state index in [2.05, 4.69) is 11.2 Å². The van der Waals surface area contributed by atoms with Gasteiger partial charge in [-0.25, -0.2) is 4.68 Å². The number of aromatic nitrogens is 2. The fourth-order valence-corrected chi connectivity index (χ4v) is 2.08. The summed E-state index contributed by atoms with van der Waals surface area (Å²) < 4.78 is 7.34. The summed E-state index contributed by atoms with van der Waals surface area (Å²) in [6.07, 6.45) is 4.48. The Labute approximate surface area is 106 Å². The number of hydrogen-bond donors (Lipinski definition) is 1. The van der Waals surface area contributed by atoms with Gasteiger partial charge in [0.25, 0.3) is 0 Å². The highest BCUT2D eigenvalue weighted by Gasteiger charge is 2.26. The summed E-state index contributed by atoms with van der Waals surface area (Å²) in [6.45, 7) is 2.56. The van der Waals surface area contributed by atoms with Gasteiger partial charge in [-0.1, -0.05) is 6.07 Å². The smallest absolute Gasteiger partial charge is 0.144 e. The molecule has 0 radical (unpaired) electrons. The van der Waals surface area contributed by atoms with E-state index < -0.39 is 0 Å². The number of hydrogen-bond acceptors (Lipinski definition) is 3. The predicted molar refractivity (Wildman–Crippen MR) is 71.1 cm³/mol. The van der Waals surface area contributed by atoms with Crippen molar-refractivity contribution in [3.63, 3.8) is 0 Å². The Bertz CT molecular complexity index is 558. The molecular weight excluding hydrogens is 226 g/mol. The maximum Gasteiger partial charge on any atom is 0.144 e. The zero-order chi connectivity index (χ0) is 12.5. The van der Waals surface area contributed by atoms with Gasteiger partial charge in [0.1, 0.15) is 11.4 Å². The summed E-state index contributed by atoms with van der Waals surface area (Å²) in [4.78, 5) is 0. The summed E-state index contributed by atoms with van der Waals surface area (Å²) in [5, 5.41) is 4.59. The van der Waals surface area contributed by atoms with E-state index in [1.54, 1.807) is 0 Å². The van der Waals surface area contributed by atoms with Crippen LogP contribution in [0.25, 0.3) is 5.69 Å². The van der Waals surface area contributed by atoms with Crippen LogP contribution in [-0.2, 0) is 0 Å². The van der Waals surface area contributed by atoms with Crippen LogP contribution in [0.15, 0.2) is 30.5 Å². The first-order valence-corrected chi connectivity index (χ1v) is 6.37. The molecule has 1 saturated carbocycles. The molecule has 0 aliphatic heterocycles. The van der Waals surface area contributed by atoms with Crippen LogP contribution in [0.4, 0.5) is 5.69 Å². The zero-order valence-corrected chi connectivity index (χ0v) is 10.5. The van der Waals surface area contributed by atoms with Crippen molar-refractivity contribution in [3.8, 4) is 11.4 Å². The third-order valence-corrected chi connectivity index (χ3v) is 3.20. The molecule has 2 N–H and O–H groups in total. The molecule has 0 bridgehead atoms. The molecule has 18 heavy (non-hydrogen) atoms. The van der Waals surface area contributed by atoms with Crippen molar-refractivity contribution in [1.29, 1.82) is 0 Å². The number of anilines is 1. The van der Waals surface area contributed by atoms with Gasteiger partial charge < -0.3 is 10.5 Å². The highest BCUT2D eigenvalue weighted by atomic mass is 16.5. The van der Waals surface area contributed by atoms with E-state index in [0.717, 1.165) is 17.1 Å². The minimum atomic E-state index is 0.611. The Kier molecular flexibility index (Phi) is 2.70. The molecule has 0 spiro atoms. The van der Waals surface area contributed by atoms with Gasteiger partial charge in [0.2, 0.25) is 0 Å². The monoisotopic (exact) mass is 243 g/mol. The van der Waals surface area contributed by atoms with E-state index in [4.69, 9.17) is 10.5 Å². The van der Waals surface area contributed by atoms with Crippen molar-refractivity contribution in [2.45, 2.75) is 25.7 Å². The minimum absolute atomic E-state index is 0.611. The second kappa shape index (κ2) is 4.37. The Balaban J connectivity index is 1.96. The molecule has 1 aromatic heterocycles. The molecule has 0 amide bonds. The average molecular weight is 243 g/mol. The van der Waals surface area contributed by atoms with E-state index in [9.17, 15) is 0 Å². The molecule has 1 aromatic carbocycles. The number of benzene rings is 1. The molecular formula is C14H17N3O. The SMILES string of the molecule is CCOc1cccc(-n2ccc(C3CC3)n2)c1N. The molecule has 1 aliphatic carbocycles. The number of nitrogen functional groups attached to an aromatic ring is 1. The number of nitrogens with two attached hydrogens (primary N) is 1. The van der Waals surface area contributed by atoms with E-state index in [1.807, 2.05) is 36.0 Å². The van der Waals surface area contributed by atoms with Crippen LogP contribution in [0, 0.1) is 0 Å². The molecule has 94 valence electrons. The lowest BCUT2D eigenvalue weighted by molar-refractivity contribution is 0.342. The molecule has 0 saturated heterocycles. The van der Waals surface area contributed by atoms with E-state index in [-0.39, 0.29) is 0 Å². The van der Waals surface area contributed by atoms with Crippen molar-refractivity contribution in [1.82, 2.24) is 9.78 Å². The zero-order valence-electron chi connectivity index (χ0n) is 10.5. The van der Waals surface area contributed by atoms with Crippen LogP contribution in [0.1, 0.15) is 31.4 Å². The maximum atomic E-state index is 6.12. The summed E-state index contributed by atoms with van der Waals surface area (Å²) >= 11 is 0. The van der Waals surface area contributed by atoms with Gasteiger partial charge in [0, 0.05) is 12.1 Å². The fraction of sp³-hybridized carbons (Fsp3) is 0.357. The van der Waals surface area contributed by atoms with Gasteiger partial charge in [0.15, 0.2) is 0 Å². The number of rotatable bonds is 4. The van der Waals surface area contributed by atoms with E-state index >= 15 is 0 Å². The molecule has 0 unspecified atom stereocenters. The van der Waals surface area contributed by atoms with Crippen molar-refractivity contribution >= 4 is 5.69 Å². The second-order valence-electron chi connectivity index (χ2n) is 4.58. The van der Waals surface area contributed by atoms with Crippen LogP contribution in [0.2, 0.25) is 0 Å². The Morgan fingerprint density at radius 3 is 2.94 bits per heavy atom. The largest absolute Gasteiger partial charge is 0.492 e. The molecule has 4 heteroatoms. The Hall–Kier alpha value is -1.97. The highest BCUT2D eigenvalue weighted by Crippen LogP contribution is 2.39. The first kappa shape index (κ1) is 11.1. The lowest BCUT2D eigenvalue weighted by atomic mass is 10.2. The van der Waals surface area contributed by atoms with E-state index in [1.165, 1.54) is 12.8 Å². The van der Waals surface area contributed by atoms with Crippen LogP contribution >= 0.6 is 0 Å². The van der Waals surface area contributed by atoms with Crippen LogP contribution in [0.3, 0.4) is 0 Å². The van der Waals surface area contributed by atoms with Crippen molar-refractivity contribution in [3.05, 3.63) is 36.2 Å². The molecule has 2 aromatic rings. The van der Waals surface area contributed by atoms with Gasteiger partial charge in [-0.3, -0.25) is 0 Å². The predicted octanol–water partition coefficient (Wildman–Crippen LogP) is 2.73. The number of ether oxygens (including phenoxy) is 1. The van der Waals surface area contributed by atoms with Gasteiger partial charge in [-0.05, 0) is 38.0 Å². The summed E-state index contributed by atoms with van der Waals surface area (Å²) in [5.74, 6) is 1.38. The highest BCUT2D eigenvalue weighted by molar-refractivity contribution is 5.66. The lowest BCUT2D eigenvalue weighted by Crippen LogP contribution is -2.04. The summed E-state index contributed by atoms with van der Waals surface area (Å²) in [6, 6.07) is 7.86. The Morgan fingerprint density at radius 1 is 1.39 bits per heavy atom. The third kappa shape index (κ3) is 1.94. The fourth-order valence-electron chi connectivity index (χ4n) is 2.08. The van der Waals surface area contributed by atoms with Gasteiger partial charge >= 0.3 is 0 Å². The Morgan fingerprint density at radius 2 is 2.22 bits per heavy atom. The summed E-state index contributed by atoms with van der Waals surface area (Å²) in [7, 11) is 0. The van der Waals surface area contributed by atoms with Gasteiger partial charge in [-0.15, -0.1) is 0 Å². The molecule has 1 fully saturated rings. The van der Waals surface area contributed by atoms with E-state index in [0.29, 0.717) is 18.2 Å². The van der Waals surface area contributed by atoms with Crippen LogP contribution < -0.4 is 10.5 Å². The molecule has 3 rings (SSSR count). The van der Waals surface area contributed by atoms with Crippen molar-refractivity contribution < 1.29 is 4.74 Å².